The highest BCUT2D eigenvalue weighted by Gasteiger charge is 2.23. The summed E-state index contributed by atoms with van der Waals surface area (Å²) in [5.41, 5.74) is 1.31. The number of hydrogen-bond donors (Lipinski definition) is 3. The van der Waals surface area contributed by atoms with E-state index in [1.54, 1.807) is 11.0 Å². The van der Waals surface area contributed by atoms with Crippen LogP contribution < -0.4 is 10.6 Å². The second-order valence-electron chi connectivity index (χ2n) is 5.84. The number of piperidine rings is 1. The normalized spacial score (nSPS) is 15.0. The monoisotopic (exact) mass is 351 g/mol. The number of carbonyl (C=O) groups is 2. The third-order valence-electron chi connectivity index (χ3n) is 4.09. The maximum Gasteiger partial charge on any atom is 0.243 e. The third kappa shape index (κ3) is 4.64. The molecule has 1 heterocycles. The molecule has 0 unspecified atom stereocenters. The zero-order valence-electron chi connectivity index (χ0n) is 13.6. The van der Waals surface area contributed by atoms with E-state index in [1.807, 2.05) is 6.92 Å². The van der Waals surface area contributed by atoms with E-state index >= 15 is 0 Å². The first-order chi connectivity index (χ1) is 11.4. The van der Waals surface area contributed by atoms with Gasteiger partial charge in [0.05, 0.1) is 12.2 Å². The van der Waals surface area contributed by atoms with Crippen LogP contribution in [0, 0.1) is 6.92 Å². The maximum atomic E-state index is 12.3. The maximum absolute atomic E-state index is 12.3. The summed E-state index contributed by atoms with van der Waals surface area (Å²) in [6, 6.07) is 3.25. The number of benzene rings is 1. The molecule has 1 aromatic rings. The first-order valence-electron chi connectivity index (χ1n) is 7.84. The number of rotatable bonds is 5. The summed E-state index contributed by atoms with van der Waals surface area (Å²) < 4.78 is 0. The molecule has 6 nitrogen and oxygen atoms in total. The van der Waals surface area contributed by atoms with Crippen molar-refractivity contribution in [2.24, 2.45) is 0 Å². The van der Waals surface area contributed by atoms with Crippen LogP contribution in [0.2, 0.25) is 5.02 Å². The fraction of sp³-hybridized carbons (Fsp3) is 0.412. The van der Waals surface area contributed by atoms with Gasteiger partial charge < -0.3 is 20.6 Å². The molecule has 24 heavy (non-hydrogen) atoms. The second kappa shape index (κ2) is 8.06. The predicted molar refractivity (Wildman–Crippen MR) is 94.3 cm³/mol. The lowest BCUT2D eigenvalue weighted by Gasteiger charge is -2.32. The molecule has 2 rings (SSSR count). The Morgan fingerprint density at radius 3 is 2.71 bits per heavy atom. The molecule has 0 atom stereocenters. The lowest BCUT2D eigenvalue weighted by atomic mass is 10.0. The lowest BCUT2D eigenvalue weighted by Crippen LogP contribution is -2.47. The highest BCUT2D eigenvalue weighted by Crippen LogP contribution is 2.29. The minimum Gasteiger partial charge on any atom is -0.506 e. The Hall–Kier alpha value is -2.21. The van der Waals surface area contributed by atoms with Crippen molar-refractivity contribution in [3.8, 4) is 5.75 Å². The highest BCUT2D eigenvalue weighted by atomic mass is 35.5. The van der Waals surface area contributed by atoms with Gasteiger partial charge in [0.15, 0.2) is 0 Å². The molecule has 0 aromatic heterocycles. The Morgan fingerprint density at radius 2 is 2.08 bits per heavy atom. The van der Waals surface area contributed by atoms with E-state index in [2.05, 4.69) is 17.2 Å². The second-order valence-corrected chi connectivity index (χ2v) is 6.25. The van der Waals surface area contributed by atoms with E-state index in [1.165, 1.54) is 12.1 Å². The molecule has 1 fully saturated rings. The zero-order chi connectivity index (χ0) is 17.7. The predicted octanol–water partition coefficient (Wildman–Crippen LogP) is 2.06. The number of nitrogens with zero attached hydrogens (tertiary/aromatic N) is 1. The first kappa shape index (κ1) is 18.1. The van der Waals surface area contributed by atoms with Crippen molar-refractivity contribution in [2.45, 2.75) is 25.8 Å². The Kier molecular flexibility index (Phi) is 6.09. The summed E-state index contributed by atoms with van der Waals surface area (Å²) in [7, 11) is 0. The number of aromatic hydroxyl groups is 1. The molecule has 0 saturated carbocycles. The summed E-state index contributed by atoms with van der Waals surface area (Å²) in [5.74, 6) is -0.213. The van der Waals surface area contributed by atoms with Gasteiger partial charge in [-0.25, -0.2) is 0 Å². The molecule has 0 bridgehead atoms. The number of hydrogen-bond acceptors (Lipinski definition) is 4. The largest absolute Gasteiger partial charge is 0.506 e. The lowest BCUT2D eigenvalue weighted by molar-refractivity contribution is -0.130. The van der Waals surface area contributed by atoms with Gasteiger partial charge >= 0.3 is 0 Å². The molecule has 0 aliphatic carbocycles. The average molecular weight is 352 g/mol. The molecule has 0 spiro atoms. The number of nitrogens with one attached hydrogen (secondary N) is 2. The van der Waals surface area contributed by atoms with Gasteiger partial charge in [0.1, 0.15) is 5.75 Å². The summed E-state index contributed by atoms with van der Waals surface area (Å²) in [6.07, 6.45) is 2.69. The molecule has 1 aliphatic rings. The van der Waals surface area contributed by atoms with E-state index in [9.17, 15) is 14.7 Å². The molecular formula is C17H22ClN3O3. The minimum atomic E-state index is -0.185. The topological polar surface area (TPSA) is 81.7 Å². The van der Waals surface area contributed by atoms with E-state index < -0.39 is 0 Å². The van der Waals surface area contributed by atoms with Crippen LogP contribution in [0.25, 0.3) is 0 Å². The van der Waals surface area contributed by atoms with Crippen LogP contribution in [-0.2, 0) is 9.59 Å². The van der Waals surface area contributed by atoms with E-state index in [0.717, 1.165) is 18.4 Å². The van der Waals surface area contributed by atoms with Gasteiger partial charge in [0.25, 0.3) is 0 Å². The molecule has 130 valence electrons. The van der Waals surface area contributed by atoms with Crippen LogP contribution in [-0.4, -0.2) is 47.5 Å². The first-order valence-corrected chi connectivity index (χ1v) is 8.22. The fourth-order valence-corrected chi connectivity index (χ4v) is 2.79. The van der Waals surface area contributed by atoms with Crippen LogP contribution in [0.15, 0.2) is 24.8 Å². The number of likely N-dealkylation sites (tertiary alicyclic amines) is 1. The van der Waals surface area contributed by atoms with Crippen molar-refractivity contribution in [3.05, 3.63) is 35.4 Å². The van der Waals surface area contributed by atoms with Crippen molar-refractivity contribution in [1.29, 1.82) is 0 Å². The van der Waals surface area contributed by atoms with Crippen molar-refractivity contribution in [2.75, 3.05) is 25.0 Å². The van der Waals surface area contributed by atoms with Crippen molar-refractivity contribution < 1.29 is 14.7 Å². The molecule has 2 amide bonds. The molecule has 7 heteroatoms. The van der Waals surface area contributed by atoms with Crippen molar-refractivity contribution >= 4 is 29.1 Å². The number of phenols is 1. The van der Waals surface area contributed by atoms with E-state index in [0.29, 0.717) is 23.8 Å². The number of phenolic OH excluding ortho intramolecular Hbond substituents is 1. The van der Waals surface area contributed by atoms with Gasteiger partial charge in [0, 0.05) is 30.2 Å². The number of carbonyl (C=O) groups excluding carboxylic acids is 2. The van der Waals surface area contributed by atoms with Gasteiger partial charge in [-0.05, 0) is 37.5 Å². The van der Waals surface area contributed by atoms with Gasteiger partial charge in [-0.15, -0.1) is 0 Å². The van der Waals surface area contributed by atoms with Crippen LogP contribution in [0.3, 0.4) is 0 Å². The third-order valence-corrected chi connectivity index (χ3v) is 4.49. The number of amides is 2. The Bertz CT molecular complexity index is 640. The van der Waals surface area contributed by atoms with Gasteiger partial charge in [-0.3, -0.25) is 9.59 Å². The quantitative estimate of drug-likeness (QED) is 0.560. The fourth-order valence-electron chi connectivity index (χ4n) is 2.63. The Labute approximate surface area is 146 Å². The van der Waals surface area contributed by atoms with Crippen molar-refractivity contribution in [3.63, 3.8) is 0 Å². The van der Waals surface area contributed by atoms with Crippen LogP contribution in [0.5, 0.6) is 5.75 Å². The van der Waals surface area contributed by atoms with Crippen LogP contribution >= 0.6 is 11.6 Å². The molecule has 1 aliphatic heterocycles. The summed E-state index contributed by atoms with van der Waals surface area (Å²) in [6.45, 7) is 6.54. The number of aryl methyl sites for hydroxylation is 1. The number of anilines is 1. The van der Waals surface area contributed by atoms with Gasteiger partial charge in [-0.1, -0.05) is 18.2 Å². The summed E-state index contributed by atoms with van der Waals surface area (Å²) in [5, 5.41) is 16.1. The van der Waals surface area contributed by atoms with Crippen LogP contribution in [0.4, 0.5) is 5.69 Å². The van der Waals surface area contributed by atoms with E-state index in [4.69, 9.17) is 11.6 Å². The Balaban J connectivity index is 1.83. The molecule has 3 N–H and O–H groups in total. The standard InChI is InChI=1S/C17H22ClN3O3/c1-3-16(23)20-12-4-6-21(7-5-12)17(24)10-19-14-8-11(2)13(18)9-15(14)22/h3,8-9,12,19,22H,1,4-7,10H2,2H3,(H,20,23). The summed E-state index contributed by atoms with van der Waals surface area (Å²) in [4.78, 5) is 25.3. The van der Waals surface area contributed by atoms with E-state index in [-0.39, 0.29) is 30.2 Å². The summed E-state index contributed by atoms with van der Waals surface area (Å²) >= 11 is 5.93. The SMILES string of the molecule is C=CC(=O)NC1CCN(C(=O)CNc2cc(C)c(Cl)cc2O)CC1. The minimum absolute atomic E-state index is 0.0178. The molecule has 1 saturated heterocycles. The molecule has 1 aromatic carbocycles. The zero-order valence-corrected chi connectivity index (χ0v) is 14.4. The highest BCUT2D eigenvalue weighted by molar-refractivity contribution is 6.31. The van der Waals surface area contributed by atoms with Crippen molar-refractivity contribution in [1.82, 2.24) is 10.2 Å². The Morgan fingerprint density at radius 1 is 1.42 bits per heavy atom. The molecule has 0 radical (unpaired) electrons. The van der Waals surface area contributed by atoms with Gasteiger partial charge in [-0.2, -0.15) is 0 Å². The van der Waals surface area contributed by atoms with Gasteiger partial charge in [0.2, 0.25) is 11.8 Å². The molecular weight excluding hydrogens is 330 g/mol. The van der Waals surface area contributed by atoms with Crippen LogP contribution in [0.1, 0.15) is 18.4 Å². The average Bonchev–Trinajstić information content (AvgIpc) is 2.57. The number of halogens is 1. The smallest absolute Gasteiger partial charge is 0.243 e.